The predicted octanol–water partition coefficient (Wildman–Crippen LogP) is 2.89. The summed E-state index contributed by atoms with van der Waals surface area (Å²) in [5.74, 6) is 0. The summed E-state index contributed by atoms with van der Waals surface area (Å²) >= 11 is 0. The summed E-state index contributed by atoms with van der Waals surface area (Å²) in [5, 5.41) is 6.62. The third kappa shape index (κ3) is 2.81. The molecule has 2 aromatic carbocycles. The highest BCUT2D eigenvalue weighted by Gasteiger charge is 1.99. The Morgan fingerprint density at radius 1 is 1.05 bits per heavy atom. The highest BCUT2D eigenvalue weighted by atomic mass is 14.9. The number of aromatic nitrogens is 2. The van der Waals surface area contributed by atoms with Crippen LogP contribution < -0.4 is 10.6 Å². The Bertz CT molecular complexity index is 702. The van der Waals surface area contributed by atoms with E-state index in [4.69, 9.17) is 0 Å². The van der Waals surface area contributed by atoms with Gasteiger partial charge in [-0.25, -0.2) is 4.98 Å². The van der Waals surface area contributed by atoms with E-state index in [1.165, 1.54) is 11.1 Å². The fourth-order valence-electron chi connectivity index (χ4n) is 2.28. The van der Waals surface area contributed by atoms with Crippen LogP contribution in [0.1, 0.15) is 11.1 Å². The quantitative estimate of drug-likeness (QED) is 0.665. The maximum Gasteiger partial charge on any atom is 0.0931 e. The first kappa shape index (κ1) is 12.7. The second kappa shape index (κ2) is 5.75. The molecule has 102 valence electrons. The van der Waals surface area contributed by atoms with Gasteiger partial charge in [0, 0.05) is 25.8 Å². The molecule has 0 amide bonds. The third-order valence-corrected chi connectivity index (χ3v) is 3.36. The van der Waals surface area contributed by atoms with Crippen LogP contribution in [0.5, 0.6) is 0 Å². The number of benzene rings is 2. The summed E-state index contributed by atoms with van der Waals surface area (Å²) < 4.78 is 0. The standard InChI is InChI=1S/C16H18N4/c1-17-14-4-2-3-12(7-14)9-18-10-13-5-6-15-16(8-13)20-11-19-15/h2-8,11,17-18H,9-10H2,1H3,(H,19,20). The molecule has 20 heavy (non-hydrogen) atoms. The molecule has 0 saturated heterocycles. The molecule has 0 saturated carbocycles. The van der Waals surface area contributed by atoms with Crippen LogP contribution in [0.2, 0.25) is 0 Å². The minimum Gasteiger partial charge on any atom is -0.388 e. The van der Waals surface area contributed by atoms with Crippen LogP contribution in [-0.2, 0) is 13.1 Å². The lowest BCUT2D eigenvalue weighted by molar-refractivity contribution is 0.694. The van der Waals surface area contributed by atoms with Gasteiger partial charge in [-0.1, -0.05) is 18.2 Å². The largest absolute Gasteiger partial charge is 0.388 e. The third-order valence-electron chi connectivity index (χ3n) is 3.36. The van der Waals surface area contributed by atoms with Crippen LogP contribution in [0.15, 0.2) is 48.8 Å². The molecule has 0 bridgehead atoms. The average molecular weight is 266 g/mol. The van der Waals surface area contributed by atoms with Crippen molar-refractivity contribution in [3.8, 4) is 0 Å². The van der Waals surface area contributed by atoms with Crippen LogP contribution in [0.4, 0.5) is 5.69 Å². The van der Waals surface area contributed by atoms with Gasteiger partial charge in [-0.05, 0) is 35.4 Å². The van der Waals surface area contributed by atoms with Gasteiger partial charge in [0.1, 0.15) is 0 Å². The fourth-order valence-corrected chi connectivity index (χ4v) is 2.28. The highest BCUT2D eigenvalue weighted by Crippen LogP contribution is 2.12. The van der Waals surface area contributed by atoms with Crippen molar-refractivity contribution in [1.29, 1.82) is 0 Å². The van der Waals surface area contributed by atoms with E-state index in [1.54, 1.807) is 6.33 Å². The number of aromatic amines is 1. The molecular formula is C16H18N4. The van der Waals surface area contributed by atoms with Crippen molar-refractivity contribution in [2.45, 2.75) is 13.1 Å². The van der Waals surface area contributed by atoms with Gasteiger partial charge in [0.25, 0.3) is 0 Å². The molecule has 3 aromatic rings. The number of hydrogen-bond donors (Lipinski definition) is 3. The second-order valence-electron chi connectivity index (χ2n) is 4.81. The van der Waals surface area contributed by atoms with Crippen LogP contribution >= 0.6 is 0 Å². The molecule has 0 fully saturated rings. The van der Waals surface area contributed by atoms with Gasteiger partial charge in [-0.3, -0.25) is 0 Å². The number of imidazole rings is 1. The highest BCUT2D eigenvalue weighted by molar-refractivity contribution is 5.74. The lowest BCUT2D eigenvalue weighted by atomic mass is 10.1. The predicted molar refractivity (Wildman–Crippen MR) is 82.6 cm³/mol. The first-order valence-electron chi connectivity index (χ1n) is 6.74. The maximum atomic E-state index is 4.22. The van der Waals surface area contributed by atoms with Gasteiger partial charge in [-0.15, -0.1) is 0 Å². The molecule has 0 aliphatic heterocycles. The van der Waals surface area contributed by atoms with Gasteiger partial charge in [0.05, 0.1) is 17.4 Å². The number of H-pyrrole nitrogens is 1. The summed E-state index contributed by atoms with van der Waals surface area (Å²) in [6.45, 7) is 1.70. The molecule has 0 radical (unpaired) electrons. The molecule has 4 nitrogen and oxygen atoms in total. The number of fused-ring (bicyclic) bond motifs is 1. The van der Waals surface area contributed by atoms with E-state index >= 15 is 0 Å². The second-order valence-corrected chi connectivity index (χ2v) is 4.81. The Kier molecular flexibility index (Phi) is 3.65. The van der Waals surface area contributed by atoms with Gasteiger partial charge < -0.3 is 15.6 Å². The summed E-state index contributed by atoms with van der Waals surface area (Å²) in [4.78, 5) is 7.36. The van der Waals surface area contributed by atoms with Gasteiger partial charge in [0.15, 0.2) is 0 Å². The number of hydrogen-bond acceptors (Lipinski definition) is 3. The molecule has 0 aliphatic rings. The van der Waals surface area contributed by atoms with Crippen molar-refractivity contribution < 1.29 is 0 Å². The Labute approximate surface area is 118 Å². The average Bonchev–Trinajstić information content (AvgIpc) is 2.95. The topological polar surface area (TPSA) is 52.7 Å². The molecule has 3 rings (SSSR count). The molecule has 4 heteroatoms. The first-order chi connectivity index (χ1) is 9.85. The van der Waals surface area contributed by atoms with E-state index in [-0.39, 0.29) is 0 Å². The van der Waals surface area contributed by atoms with Crippen molar-refractivity contribution in [2.75, 3.05) is 12.4 Å². The van der Waals surface area contributed by atoms with Crippen molar-refractivity contribution in [3.63, 3.8) is 0 Å². The Balaban J connectivity index is 1.61. The van der Waals surface area contributed by atoms with E-state index in [1.807, 2.05) is 13.1 Å². The van der Waals surface area contributed by atoms with Gasteiger partial charge >= 0.3 is 0 Å². The summed E-state index contributed by atoms with van der Waals surface area (Å²) in [5.41, 5.74) is 5.77. The minimum atomic E-state index is 0.846. The zero-order valence-corrected chi connectivity index (χ0v) is 11.5. The number of nitrogens with zero attached hydrogens (tertiary/aromatic N) is 1. The maximum absolute atomic E-state index is 4.22. The van der Waals surface area contributed by atoms with E-state index in [0.717, 1.165) is 29.8 Å². The van der Waals surface area contributed by atoms with E-state index in [9.17, 15) is 0 Å². The molecule has 0 unspecified atom stereocenters. The van der Waals surface area contributed by atoms with Crippen LogP contribution in [-0.4, -0.2) is 17.0 Å². The van der Waals surface area contributed by atoms with E-state index in [0.29, 0.717) is 0 Å². The Morgan fingerprint density at radius 3 is 2.75 bits per heavy atom. The SMILES string of the molecule is CNc1cccc(CNCc2ccc3nc[nH]c3c2)c1. The molecule has 3 N–H and O–H groups in total. The minimum absolute atomic E-state index is 0.846. The van der Waals surface area contributed by atoms with Crippen molar-refractivity contribution >= 4 is 16.7 Å². The molecule has 0 aliphatic carbocycles. The number of nitrogens with one attached hydrogen (secondary N) is 3. The van der Waals surface area contributed by atoms with Crippen LogP contribution in [0, 0.1) is 0 Å². The van der Waals surface area contributed by atoms with Crippen molar-refractivity contribution in [2.24, 2.45) is 0 Å². The first-order valence-corrected chi connectivity index (χ1v) is 6.74. The zero-order chi connectivity index (χ0) is 13.8. The normalized spacial score (nSPS) is 10.8. The van der Waals surface area contributed by atoms with Crippen LogP contribution in [0.3, 0.4) is 0 Å². The molecule has 1 heterocycles. The fraction of sp³-hybridized carbons (Fsp3) is 0.188. The Morgan fingerprint density at radius 2 is 1.90 bits per heavy atom. The molecule has 0 spiro atoms. The summed E-state index contributed by atoms with van der Waals surface area (Å²) in [7, 11) is 1.94. The van der Waals surface area contributed by atoms with E-state index < -0.39 is 0 Å². The monoisotopic (exact) mass is 266 g/mol. The van der Waals surface area contributed by atoms with Crippen LogP contribution in [0.25, 0.3) is 11.0 Å². The van der Waals surface area contributed by atoms with Crippen molar-refractivity contribution in [3.05, 3.63) is 59.9 Å². The molecule has 1 aromatic heterocycles. The summed E-state index contributed by atoms with van der Waals surface area (Å²) in [6.07, 6.45) is 1.73. The van der Waals surface area contributed by atoms with E-state index in [2.05, 4.69) is 57.0 Å². The van der Waals surface area contributed by atoms with Gasteiger partial charge in [0.2, 0.25) is 0 Å². The lowest BCUT2D eigenvalue weighted by Crippen LogP contribution is -2.12. The smallest absolute Gasteiger partial charge is 0.0931 e. The lowest BCUT2D eigenvalue weighted by Gasteiger charge is -2.07. The Hall–Kier alpha value is -2.33. The number of rotatable bonds is 5. The van der Waals surface area contributed by atoms with Crippen molar-refractivity contribution in [1.82, 2.24) is 15.3 Å². The zero-order valence-electron chi connectivity index (χ0n) is 11.5. The molecular weight excluding hydrogens is 248 g/mol. The molecule has 0 atom stereocenters. The van der Waals surface area contributed by atoms with Gasteiger partial charge in [-0.2, -0.15) is 0 Å². The summed E-state index contributed by atoms with van der Waals surface area (Å²) in [6, 6.07) is 14.7. The number of anilines is 1.